The summed E-state index contributed by atoms with van der Waals surface area (Å²) in [6.45, 7) is 3.96. The Morgan fingerprint density at radius 2 is 1.75 bits per heavy atom. The summed E-state index contributed by atoms with van der Waals surface area (Å²) < 4.78 is 41.7. The van der Waals surface area contributed by atoms with Crippen LogP contribution < -0.4 is 14.5 Å². The van der Waals surface area contributed by atoms with Gasteiger partial charge in [-0.2, -0.15) is 0 Å². The minimum absolute atomic E-state index is 0.0510. The summed E-state index contributed by atoms with van der Waals surface area (Å²) in [6.07, 6.45) is 2.32. The number of nitrogens with one attached hydrogen (secondary N) is 2. The van der Waals surface area contributed by atoms with E-state index < -0.39 is 15.8 Å². The van der Waals surface area contributed by atoms with Crippen LogP contribution >= 0.6 is 0 Å². The minimum Gasteiger partial charge on any atom is -0.378 e. The first-order chi connectivity index (χ1) is 13.3. The Hall–Kier alpha value is -1.96. The molecule has 3 rings (SSSR count). The highest BCUT2D eigenvalue weighted by Crippen LogP contribution is 2.19. The molecule has 0 bridgehead atoms. The van der Waals surface area contributed by atoms with Gasteiger partial charge in [0.2, 0.25) is 10.0 Å². The van der Waals surface area contributed by atoms with Crippen molar-refractivity contribution < 1.29 is 17.7 Å². The Morgan fingerprint density at radius 3 is 2.32 bits per heavy atom. The van der Waals surface area contributed by atoms with Crippen LogP contribution in [0.3, 0.4) is 0 Å². The Kier molecular flexibility index (Phi) is 6.37. The van der Waals surface area contributed by atoms with Gasteiger partial charge in [0.1, 0.15) is 11.9 Å². The monoisotopic (exact) mass is 406 g/mol. The number of hydrogen-bond donors (Lipinski definition) is 2. The van der Waals surface area contributed by atoms with E-state index in [1.54, 1.807) is 6.92 Å². The van der Waals surface area contributed by atoms with Crippen molar-refractivity contribution in [3.05, 3.63) is 59.4 Å². The molecule has 1 aliphatic rings. The van der Waals surface area contributed by atoms with Crippen LogP contribution in [-0.4, -0.2) is 42.1 Å². The second kappa shape index (κ2) is 8.59. The summed E-state index contributed by atoms with van der Waals surface area (Å²) in [5.74, 6) is -0.403. The first kappa shape index (κ1) is 20.8. The highest BCUT2D eigenvalue weighted by atomic mass is 32.2. The molecule has 152 valence electrons. The standard InChI is InChI=1S/C21H28FN3O2S/c1-16-14-19(10-11-20(16)22)28(26,27)23-15-21(25-12-4-5-13-25)17-6-8-18(9-7-17)24(2)3/h6-11,14,21,23H,4-5,12-13,15H2,1-3H3/p+1/t21-/m0/s1. The van der Waals surface area contributed by atoms with Gasteiger partial charge in [-0.3, -0.25) is 0 Å². The van der Waals surface area contributed by atoms with E-state index in [-0.39, 0.29) is 10.9 Å². The SMILES string of the molecule is Cc1cc(S(=O)(=O)NC[C@@H](c2ccc(N(C)C)cc2)[NH+]2CCCC2)ccc1F. The molecule has 0 spiro atoms. The number of benzene rings is 2. The summed E-state index contributed by atoms with van der Waals surface area (Å²) in [5, 5.41) is 0. The molecule has 0 aromatic heterocycles. The van der Waals surface area contributed by atoms with Crippen molar-refractivity contribution in [1.29, 1.82) is 0 Å². The first-order valence-electron chi connectivity index (χ1n) is 9.65. The van der Waals surface area contributed by atoms with Crippen LogP contribution in [-0.2, 0) is 10.0 Å². The van der Waals surface area contributed by atoms with Crippen LogP contribution in [0.25, 0.3) is 0 Å². The fourth-order valence-corrected chi connectivity index (χ4v) is 4.87. The average Bonchev–Trinajstić information content (AvgIpc) is 3.19. The zero-order chi connectivity index (χ0) is 20.3. The van der Waals surface area contributed by atoms with Gasteiger partial charge in [0.15, 0.2) is 0 Å². The lowest BCUT2D eigenvalue weighted by molar-refractivity contribution is -0.918. The van der Waals surface area contributed by atoms with Gasteiger partial charge in [0.05, 0.1) is 24.5 Å². The van der Waals surface area contributed by atoms with Crippen LogP contribution in [0, 0.1) is 12.7 Å². The molecule has 1 atom stereocenters. The molecule has 1 saturated heterocycles. The van der Waals surface area contributed by atoms with Gasteiger partial charge in [0, 0.05) is 38.2 Å². The van der Waals surface area contributed by atoms with E-state index in [4.69, 9.17) is 0 Å². The molecule has 7 heteroatoms. The van der Waals surface area contributed by atoms with E-state index in [1.165, 1.54) is 23.1 Å². The van der Waals surface area contributed by atoms with Crippen LogP contribution in [0.1, 0.15) is 30.0 Å². The van der Waals surface area contributed by atoms with E-state index in [0.29, 0.717) is 12.1 Å². The molecule has 28 heavy (non-hydrogen) atoms. The predicted molar refractivity (Wildman–Crippen MR) is 110 cm³/mol. The maximum absolute atomic E-state index is 13.5. The van der Waals surface area contributed by atoms with E-state index in [1.807, 2.05) is 19.0 Å². The van der Waals surface area contributed by atoms with Crippen LogP contribution in [0.5, 0.6) is 0 Å². The largest absolute Gasteiger partial charge is 0.378 e. The van der Waals surface area contributed by atoms with Crippen LogP contribution in [0.4, 0.5) is 10.1 Å². The summed E-state index contributed by atoms with van der Waals surface area (Å²) in [5.41, 5.74) is 2.56. The zero-order valence-corrected chi connectivity index (χ0v) is 17.5. The molecule has 0 saturated carbocycles. The Balaban J connectivity index is 1.80. The molecule has 0 amide bonds. The Morgan fingerprint density at radius 1 is 1.11 bits per heavy atom. The number of hydrogen-bond acceptors (Lipinski definition) is 3. The van der Waals surface area contributed by atoms with E-state index in [2.05, 4.69) is 29.0 Å². The molecule has 1 fully saturated rings. The van der Waals surface area contributed by atoms with Crippen molar-refractivity contribution in [3.63, 3.8) is 0 Å². The van der Waals surface area contributed by atoms with Crippen molar-refractivity contribution in [2.45, 2.75) is 30.7 Å². The molecule has 2 aromatic rings. The zero-order valence-electron chi connectivity index (χ0n) is 16.7. The summed E-state index contributed by atoms with van der Waals surface area (Å²) in [6, 6.07) is 12.2. The molecule has 0 unspecified atom stereocenters. The van der Waals surface area contributed by atoms with Gasteiger partial charge >= 0.3 is 0 Å². The van der Waals surface area contributed by atoms with Crippen LogP contribution in [0.2, 0.25) is 0 Å². The lowest BCUT2D eigenvalue weighted by atomic mass is 10.1. The fraction of sp³-hybridized carbons (Fsp3) is 0.429. The summed E-state index contributed by atoms with van der Waals surface area (Å²) in [4.78, 5) is 3.54. The molecule has 0 radical (unpaired) electrons. The van der Waals surface area contributed by atoms with E-state index >= 15 is 0 Å². The summed E-state index contributed by atoms with van der Waals surface area (Å²) >= 11 is 0. The van der Waals surface area contributed by atoms with Crippen LogP contribution in [0.15, 0.2) is 47.4 Å². The van der Waals surface area contributed by atoms with Gasteiger partial charge in [-0.25, -0.2) is 17.5 Å². The topological polar surface area (TPSA) is 53.9 Å². The van der Waals surface area contributed by atoms with Gasteiger partial charge in [0.25, 0.3) is 0 Å². The van der Waals surface area contributed by atoms with Gasteiger partial charge in [-0.15, -0.1) is 0 Å². The highest BCUT2D eigenvalue weighted by molar-refractivity contribution is 7.89. The van der Waals surface area contributed by atoms with E-state index in [9.17, 15) is 12.8 Å². The normalized spacial score (nSPS) is 16.3. The molecular formula is C21H29FN3O2S+. The Bertz CT molecular complexity index is 908. The number of likely N-dealkylation sites (tertiary alicyclic amines) is 1. The second-order valence-corrected chi connectivity index (χ2v) is 9.43. The lowest BCUT2D eigenvalue weighted by Gasteiger charge is -2.26. The number of aryl methyl sites for hydroxylation is 1. The van der Waals surface area contributed by atoms with Crippen molar-refractivity contribution in [3.8, 4) is 0 Å². The third kappa shape index (κ3) is 4.71. The van der Waals surface area contributed by atoms with Gasteiger partial charge in [-0.05, 0) is 42.8 Å². The predicted octanol–water partition coefficient (Wildman–Crippen LogP) is 1.90. The van der Waals surface area contributed by atoms with Crippen molar-refractivity contribution in [1.82, 2.24) is 4.72 Å². The highest BCUT2D eigenvalue weighted by Gasteiger charge is 2.29. The van der Waals surface area contributed by atoms with Gasteiger partial charge in [-0.1, -0.05) is 12.1 Å². The lowest BCUT2D eigenvalue weighted by Crippen LogP contribution is -3.11. The first-order valence-corrected chi connectivity index (χ1v) is 11.1. The number of halogens is 1. The molecule has 2 aromatic carbocycles. The van der Waals surface area contributed by atoms with Gasteiger partial charge < -0.3 is 9.80 Å². The molecule has 1 heterocycles. The number of quaternary nitrogens is 1. The average molecular weight is 407 g/mol. The fourth-order valence-electron chi connectivity index (χ4n) is 3.74. The molecule has 0 aliphatic carbocycles. The van der Waals surface area contributed by atoms with E-state index in [0.717, 1.165) is 37.2 Å². The molecular weight excluding hydrogens is 377 g/mol. The minimum atomic E-state index is -3.69. The molecule has 5 nitrogen and oxygen atoms in total. The van der Waals surface area contributed by atoms with Crippen molar-refractivity contribution in [2.75, 3.05) is 38.6 Å². The maximum atomic E-state index is 13.5. The van der Waals surface area contributed by atoms with Crippen molar-refractivity contribution >= 4 is 15.7 Å². The molecule has 1 aliphatic heterocycles. The quantitative estimate of drug-likeness (QED) is 0.739. The summed E-state index contributed by atoms with van der Waals surface area (Å²) in [7, 11) is 0.302. The van der Waals surface area contributed by atoms with Crippen molar-refractivity contribution in [2.24, 2.45) is 0 Å². The Labute approximate surface area is 167 Å². The molecule has 2 N–H and O–H groups in total. The number of nitrogens with zero attached hydrogens (tertiary/aromatic N) is 1. The smallest absolute Gasteiger partial charge is 0.240 e. The number of rotatable bonds is 7. The third-order valence-electron chi connectivity index (χ3n) is 5.47. The third-order valence-corrected chi connectivity index (χ3v) is 6.89. The second-order valence-electron chi connectivity index (χ2n) is 7.67. The number of anilines is 1. The maximum Gasteiger partial charge on any atom is 0.240 e. The number of sulfonamides is 1.